The minimum atomic E-state index is -3.94. The molecule has 0 fully saturated rings. The van der Waals surface area contributed by atoms with Crippen molar-refractivity contribution < 1.29 is 13.2 Å². The minimum absolute atomic E-state index is 0.0552. The number of nitrogens with one attached hydrogen (secondary N) is 1. The summed E-state index contributed by atoms with van der Waals surface area (Å²) in [6.07, 6.45) is 0. The molecule has 0 unspecified atom stereocenters. The molecule has 0 atom stereocenters. The van der Waals surface area contributed by atoms with Crippen LogP contribution in [0.4, 0.5) is 16.2 Å². The van der Waals surface area contributed by atoms with Crippen LogP contribution in [0.1, 0.15) is 0 Å². The van der Waals surface area contributed by atoms with E-state index in [1.54, 1.807) is 30.3 Å². The zero-order valence-corrected chi connectivity index (χ0v) is 11.6. The van der Waals surface area contributed by atoms with Gasteiger partial charge in [0.25, 0.3) is 10.0 Å². The van der Waals surface area contributed by atoms with Crippen LogP contribution in [-0.2, 0) is 10.0 Å². The standard InChI is InChI=1S/C13H9ClN2O3S/c14-9-4-3-5-10(8-9)16-13(17)15-11-6-1-2-7-12(11)20(16,18)19/h1-8H,(H,15,17). The quantitative estimate of drug-likeness (QED) is 0.880. The Bertz CT molecular complexity index is 805. The number of hydrogen-bond acceptors (Lipinski definition) is 3. The van der Waals surface area contributed by atoms with E-state index >= 15 is 0 Å². The molecular formula is C13H9ClN2O3S. The summed E-state index contributed by atoms with van der Waals surface area (Å²) in [5, 5.41) is 2.90. The Morgan fingerprint density at radius 2 is 1.80 bits per heavy atom. The van der Waals surface area contributed by atoms with Crippen molar-refractivity contribution in [3.63, 3.8) is 0 Å². The highest BCUT2D eigenvalue weighted by Crippen LogP contribution is 2.33. The predicted octanol–water partition coefficient (Wildman–Crippen LogP) is 3.08. The highest BCUT2D eigenvalue weighted by molar-refractivity contribution is 7.94. The molecule has 0 aliphatic carbocycles. The first kappa shape index (κ1) is 13.0. The van der Waals surface area contributed by atoms with E-state index in [1.807, 2.05) is 0 Å². The second-order valence-corrected chi connectivity index (χ2v) is 6.37. The number of amides is 2. The van der Waals surface area contributed by atoms with E-state index in [2.05, 4.69) is 5.32 Å². The summed E-state index contributed by atoms with van der Waals surface area (Å²) >= 11 is 5.85. The minimum Gasteiger partial charge on any atom is -0.305 e. The Morgan fingerprint density at radius 1 is 1.05 bits per heavy atom. The monoisotopic (exact) mass is 308 g/mol. The largest absolute Gasteiger partial charge is 0.340 e. The lowest BCUT2D eigenvalue weighted by Gasteiger charge is -2.28. The summed E-state index contributed by atoms with van der Waals surface area (Å²) in [7, 11) is -3.94. The van der Waals surface area contributed by atoms with Crippen LogP contribution in [0.3, 0.4) is 0 Å². The molecule has 3 rings (SSSR count). The molecule has 0 radical (unpaired) electrons. The van der Waals surface area contributed by atoms with Gasteiger partial charge in [-0.05, 0) is 30.3 Å². The van der Waals surface area contributed by atoms with Gasteiger partial charge in [0.1, 0.15) is 4.90 Å². The molecule has 2 aromatic rings. The van der Waals surface area contributed by atoms with Crippen molar-refractivity contribution in [2.45, 2.75) is 4.90 Å². The average Bonchev–Trinajstić information content (AvgIpc) is 2.38. The summed E-state index contributed by atoms with van der Waals surface area (Å²) in [5.41, 5.74) is 0.472. The smallest absolute Gasteiger partial charge is 0.305 e. The lowest BCUT2D eigenvalue weighted by atomic mass is 10.3. The molecule has 2 amide bonds. The van der Waals surface area contributed by atoms with E-state index < -0.39 is 16.1 Å². The van der Waals surface area contributed by atoms with Crippen molar-refractivity contribution in [2.75, 3.05) is 9.62 Å². The molecule has 0 spiro atoms. The Labute approximate surface area is 120 Å². The fraction of sp³-hybridized carbons (Fsp3) is 0. The number of anilines is 2. The van der Waals surface area contributed by atoms with Gasteiger partial charge in [0.15, 0.2) is 0 Å². The second kappa shape index (κ2) is 4.50. The van der Waals surface area contributed by atoms with Gasteiger partial charge in [0.05, 0.1) is 11.4 Å². The second-order valence-electron chi connectivity index (χ2n) is 4.18. The topological polar surface area (TPSA) is 66.5 Å². The van der Waals surface area contributed by atoms with Crippen molar-refractivity contribution >= 4 is 39.0 Å². The third-order valence-corrected chi connectivity index (χ3v) is 4.88. The molecule has 0 bridgehead atoms. The van der Waals surface area contributed by atoms with E-state index in [4.69, 9.17) is 11.6 Å². The molecule has 102 valence electrons. The van der Waals surface area contributed by atoms with Crippen molar-refractivity contribution in [3.05, 3.63) is 53.6 Å². The number of benzene rings is 2. The predicted molar refractivity (Wildman–Crippen MR) is 76.6 cm³/mol. The van der Waals surface area contributed by atoms with Crippen LogP contribution in [0.2, 0.25) is 5.02 Å². The molecule has 7 heteroatoms. The van der Waals surface area contributed by atoms with Crippen LogP contribution in [0.25, 0.3) is 0 Å². The molecule has 1 heterocycles. The van der Waals surface area contributed by atoms with Crippen molar-refractivity contribution in [3.8, 4) is 0 Å². The number of nitrogens with zero attached hydrogens (tertiary/aromatic N) is 1. The number of carbonyl (C=O) groups is 1. The molecule has 20 heavy (non-hydrogen) atoms. The maximum absolute atomic E-state index is 12.5. The highest BCUT2D eigenvalue weighted by Gasteiger charge is 2.37. The lowest BCUT2D eigenvalue weighted by Crippen LogP contribution is -2.44. The molecule has 2 aromatic carbocycles. The fourth-order valence-electron chi connectivity index (χ4n) is 2.03. The maximum atomic E-state index is 12.5. The molecular weight excluding hydrogens is 300 g/mol. The van der Waals surface area contributed by atoms with Crippen LogP contribution < -0.4 is 9.62 Å². The van der Waals surface area contributed by atoms with Gasteiger partial charge in [-0.3, -0.25) is 0 Å². The van der Waals surface area contributed by atoms with E-state index in [0.717, 1.165) is 0 Å². The fourth-order valence-corrected chi connectivity index (χ4v) is 3.71. The summed E-state index contributed by atoms with van der Waals surface area (Å²) in [6.45, 7) is 0. The molecule has 0 saturated carbocycles. The lowest BCUT2D eigenvalue weighted by molar-refractivity contribution is 0.259. The van der Waals surface area contributed by atoms with Gasteiger partial charge in [0, 0.05) is 5.02 Å². The number of para-hydroxylation sites is 1. The van der Waals surface area contributed by atoms with Gasteiger partial charge < -0.3 is 5.32 Å². The molecule has 5 nitrogen and oxygen atoms in total. The van der Waals surface area contributed by atoms with Gasteiger partial charge in [-0.2, -0.15) is 4.31 Å². The van der Waals surface area contributed by atoms with E-state index in [0.29, 0.717) is 9.33 Å². The van der Waals surface area contributed by atoms with Crippen molar-refractivity contribution in [1.29, 1.82) is 0 Å². The Hall–Kier alpha value is -2.05. The van der Waals surface area contributed by atoms with Gasteiger partial charge >= 0.3 is 6.03 Å². The number of rotatable bonds is 1. The summed E-state index contributed by atoms with van der Waals surface area (Å²) in [5.74, 6) is 0. The van der Waals surface area contributed by atoms with Gasteiger partial charge in [-0.15, -0.1) is 0 Å². The van der Waals surface area contributed by atoms with Crippen LogP contribution in [0, 0.1) is 0 Å². The van der Waals surface area contributed by atoms with Gasteiger partial charge in [-0.1, -0.05) is 29.8 Å². The first-order chi connectivity index (χ1) is 9.50. The van der Waals surface area contributed by atoms with E-state index in [-0.39, 0.29) is 16.3 Å². The molecule has 1 aliphatic rings. The summed E-state index contributed by atoms with van der Waals surface area (Å²) in [4.78, 5) is 12.1. The molecule has 1 N–H and O–H groups in total. The maximum Gasteiger partial charge on any atom is 0.340 e. The first-order valence-electron chi connectivity index (χ1n) is 5.71. The zero-order chi connectivity index (χ0) is 14.3. The third kappa shape index (κ3) is 1.93. The number of halogens is 1. The summed E-state index contributed by atoms with van der Waals surface area (Å²) in [6, 6.07) is 11.6. The molecule has 0 aromatic heterocycles. The van der Waals surface area contributed by atoms with Crippen molar-refractivity contribution in [2.24, 2.45) is 0 Å². The van der Waals surface area contributed by atoms with Gasteiger partial charge in [0.2, 0.25) is 0 Å². The number of fused-ring (bicyclic) bond motifs is 1. The number of urea groups is 1. The van der Waals surface area contributed by atoms with Crippen LogP contribution in [-0.4, -0.2) is 14.4 Å². The highest BCUT2D eigenvalue weighted by atomic mass is 35.5. The normalized spacial score (nSPS) is 16.4. The Kier molecular flexibility index (Phi) is 2.92. The Morgan fingerprint density at radius 3 is 2.55 bits per heavy atom. The molecule has 1 aliphatic heterocycles. The summed E-state index contributed by atoms with van der Waals surface area (Å²) < 4.78 is 25.8. The first-order valence-corrected chi connectivity index (χ1v) is 7.53. The van der Waals surface area contributed by atoms with Crippen molar-refractivity contribution in [1.82, 2.24) is 0 Å². The average molecular weight is 309 g/mol. The van der Waals surface area contributed by atoms with Gasteiger partial charge in [-0.25, -0.2) is 13.2 Å². The third-order valence-electron chi connectivity index (χ3n) is 2.87. The van der Waals surface area contributed by atoms with Crippen LogP contribution in [0.5, 0.6) is 0 Å². The Balaban J connectivity index is 2.21. The van der Waals surface area contributed by atoms with Crippen LogP contribution >= 0.6 is 11.6 Å². The number of hydrogen-bond donors (Lipinski definition) is 1. The number of sulfonamides is 1. The zero-order valence-electron chi connectivity index (χ0n) is 10.1. The van der Waals surface area contributed by atoms with E-state index in [9.17, 15) is 13.2 Å². The SMILES string of the molecule is O=C1Nc2ccccc2S(=O)(=O)N1c1cccc(Cl)c1. The molecule has 0 saturated heterocycles. The van der Waals surface area contributed by atoms with E-state index in [1.165, 1.54) is 18.2 Å². The number of carbonyl (C=O) groups excluding carboxylic acids is 1. The van der Waals surface area contributed by atoms with Crippen LogP contribution in [0.15, 0.2) is 53.4 Å².